The molecule has 0 fully saturated rings. The van der Waals surface area contributed by atoms with Crippen LogP contribution in [0, 0.1) is 6.92 Å². The molecule has 0 bridgehead atoms. The van der Waals surface area contributed by atoms with Gasteiger partial charge in [-0.05, 0) is 36.8 Å². The van der Waals surface area contributed by atoms with Gasteiger partial charge in [0.25, 0.3) is 0 Å². The fraction of sp³-hybridized carbons (Fsp3) is 0.182. The van der Waals surface area contributed by atoms with Gasteiger partial charge in [0, 0.05) is 17.6 Å². The molecule has 0 aliphatic heterocycles. The number of aromatic nitrogens is 1. The second kappa shape index (κ2) is 9.20. The first kappa shape index (κ1) is 18.2. The van der Waals surface area contributed by atoms with Crippen LogP contribution in [0.5, 0.6) is 0 Å². The van der Waals surface area contributed by atoms with Crippen molar-refractivity contribution in [3.05, 3.63) is 95.8 Å². The SMILES string of the molecule is Cc1cccc(CN(Cc2ccccn2)C(=O)CSc2ccccc2)c1. The molecule has 0 atom stereocenters. The summed E-state index contributed by atoms with van der Waals surface area (Å²) in [5, 5.41) is 0. The van der Waals surface area contributed by atoms with Crippen LogP contribution < -0.4 is 0 Å². The van der Waals surface area contributed by atoms with E-state index in [4.69, 9.17) is 0 Å². The average molecular weight is 362 g/mol. The Kier molecular flexibility index (Phi) is 6.45. The van der Waals surface area contributed by atoms with Gasteiger partial charge in [-0.25, -0.2) is 0 Å². The van der Waals surface area contributed by atoms with Crippen LogP contribution in [-0.2, 0) is 17.9 Å². The number of aryl methyl sites for hydroxylation is 1. The Morgan fingerprint density at radius 2 is 1.77 bits per heavy atom. The van der Waals surface area contributed by atoms with Gasteiger partial charge < -0.3 is 4.90 Å². The number of amides is 1. The Bertz CT molecular complexity index is 837. The lowest BCUT2D eigenvalue weighted by Crippen LogP contribution is -2.31. The molecular weight excluding hydrogens is 340 g/mol. The van der Waals surface area contributed by atoms with Gasteiger partial charge in [-0.1, -0.05) is 54.1 Å². The number of hydrogen-bond donors (Lipinski definition) is 0. The molecule has 1 amide bonds. The molecule has 1 heterocycles. The fourth-order valence-corrected chi connectivity index (χ4v) is 3.53. The molecule has 3 aromatic rings. The Hall–Kier alpha value is -2.59. The van der Waals surface area contributed by atoms with Gasteiger partial charge in [0.15, 0.2) is 0 Å². The predicted molar refractivity (Wildman–Crippen MR) is 107 cm³/mol. The van der Waals surface area contributed by atoms with Gasteiger partial charge in [0.05, 0.1) is 18.0 Å². The highest BCUT2D eigenvalue weighted by molar-refractivity contribution is 8.00. The summed E-state index contributed by atoms with van der Waals surface area (Å²) in [5.41, 5.74) is 3.24. The van der Waals surface area contributed by atoms with Crippen LogP contribution in [-0.4, -0.2) is 21.5 Å². The molecule has 0 N–H and O–H groups in total. The summed E-state index contributed by atoms with van der Waals surface area (Å²) >= 11 is 1.57. The van der Waals surface area contributed by atoms with Crippen molar-refractivity contribution in [3.63, 3.8) is 0 Å². The third-order valence-electron chi connectivity index (χ3n) is 3.99. The number of benzene rings is 2. The van der Waals surface area contributed by atoms with Crippen LogP contribution >= 0.6 is 11.8 Å². The van der Waals surface area contributed by atoms with Crippen molar-refractivity contribution in [1.82, 2.24) is 9.88 Å². The third-order valence-corrected chi connectivity index (χ3v) is 4.99. The number of nitrogens with zero attached hydrogens (tertiary/aromatic N) is 2. The second-order valence-electron chi connectivity index (χ2n) is 6.16. The van der Waals surface area contributed by atoms with Crippen molar-refractivity contribution >= 4 is 17.7 Å². The molecule has 0 spiro atoms. The van der Waals surface area contributed by atoms with Gasteiger partial charge in [-0.2, -0.15) is 0 Å². The molecule has 2 aromatic carbocycles. The van der Waals surface area contributed by atoms with E-state index in [-0.39, 0.29) is 5.91 Å². The van der Waals surface area contributed by atoms with Crippen molar-refractivity contribution in [2.75, 3.05) is 5.75 Å². The smallest absolute Gasteiger partial charge is 0.233 e. The van der Waals surface area contributed by atoms with E-state index >= 15 is 0 Å². The summed E-state index contributed by atoms with van der Waals surface area (Å²) in [5.74, 6) is 0.536. The standard InChI is InChI=1S/C22H22N2OS/c1-18-8-7-9-19(14-18)15-24(16-20-10-5-6-13-23-20)22(25)17-26-21-11-3-2-4-12-21/h2-14H,15-17H2,1H3. The lowest BCUT2D eigenvalue weighted by atomic mass is 10.1. The van der Waals surface area contributed by atoms with E-state index in [1.54, 1.807) is 18.0 Å². The Balaban J connectivity index is 1.71. The summed E-state index contributed by atoms with van der Waals surface area (Å²) in [7, 11) is 0. The molecule has 4 heteroatoms. The molecule has 0 saturated heterocycles. The minimum Gasteiger partial charge on any atom is -0.332 e. The Morgan fingerprint density at radius 3 is 2.50 bits per heavy atom. The Labute approximate surface area is 159 Å². The topological polar surface area (TPSA) is 33.2 Å². The van der Waals surface area contributed by atoms with Crippen molar-refractivity contribution in [2.45, 2.75) is 24.9 Å². The largest absolute Gasteiger partial charge is 0.332 e. The highest BCUT2D eigenvalue weighted by atomic mass is 32.2. The highest BCUT2D eigenvalue weighted by Crippen LogP contribution is 2.19. The maximum atomic E-state index is 12.9. The summed E-state index contributed by atoms with van der Waals surface area (Å²) in [6.45, 7) is 3.18. The predicted octanol–water partition coefficient (Wildman–Crippen LogP) is 4.71. The number of hydrogen-bond acceptors (Lipinski definition) is 3. The summed E-state index contributed by atoms with van der Waals surface area (Å²) in [6.07, 6.45) is 1.77. The van der Waals surface area contributed by atoms with Crippen molar-refractivity contribution in [3.8, 4) is 0 Å². The zero-order valence-electron chi connectivity index (χ0n) is 14.8. The lowest BCUT2D eigenvalue weighted by molar-refractivity contribution is -0.129. The average Bonchev–Trinajstić information content (AvgIpc) is 2.67. The minimum absolute atomic E-state index is 0.117. The van der Waals surface area contributed by atoms with Crippen LogP contribution in [0.2, 0.25) is 0 Å². The molecule has 3 nitrogen and oxygen atoms in total. The van der Waals surface area contributed by atoms with E-state index in [1.165, 1.54) is 5.56 Å². The molecule has 0 aliphatic rings. The Morgan fingerprint density at radius 1 is 0.962 bits per heavy atom. The summed E-state index contributed by atoms with van der Waals surface area (Å²) < 4.78 is 0. The highest BCUT2D eigenvalue weighted by Gasteiger charge is 2.15. The van der Waals surface area contributed by atoms with E-state index in [9.17, 15) is 4.79 Å². The number of carbonyl (C=O) groups is 1. The van der Waals surface area contributed by atoms with Gasteiger partial charge >= 0.3 is 0 Å². The van der Waals surface area contributed by atoms with Crippen LogP contribution in [0.25, 0.3) is 0 Å². The normalized spacial score (nSPS) is 10.5. The van der Waals surface area contributed by atoms with E-state index < -0.39 is 0 Å². The maximum Gasteiger partial charge on any atom is 0.233 e. The molecule has 0 unspecified atom stereocenters. The van der Waals surface area contributed by atoms with Crippen LogP contribution in [0.1, 0.15) is 16.8 Å². The third kappa shape index (κ3) is 5.46. The maximum absolute atomic E-state index is 12.9. The first-order valence-electron chi connectivity index (χ1n) is 8.62. The number of pyridine rings is 1. The molecule has 3 rings (SSSR count). The number of rotatable bonds is 7. The van der Waals surface area contributed by atoms with Gasteiger partial charge in [0.1, 0.15) is 0 Å². The first-order chi connectivity index (χ1) is 12.7. The zero-order valence-corrected chi connectivity index (χ0v) is 15.7. The first-order valence-corrected chi connectivity index (χ1v) is 9.60. The molecule has 0 saturated carbocycles. The zero-order chi connectivity index (χ0) is 18.2. The minimum atomic E-state index is 0.117. The molecular formula is C22H22N2OS. The molecule has 26 heavy (non-hydrogen) atoms. The molecule has 0 radical (unpaired) electrons. The van der Waals surface area contributed by atoms with E-state index in [0.717, 1.165) is 16.2 Å². The van der Waals surface area contributed by atoms with Crippen LogP contribution in [0.4, 0.5) is 0 Å². The monoisotopic (exact) mass is 362 g/mol. The van der Waals surface area contributed by atoms with E-state index in [2.05, 4.69) is 30.1 Å². The molecule has 1 aromatic heterocycles. The lowest BCUT2D eigenvalue weighted by Gasteiger charge is -2.23. The number of thioether (sulfide) groups is 1. The quantitative estimate of drug-likeness (QED) is 0.571. The fourth-order valence-electron chi connectivity index (χ4n) is 2.70. The molecule has 132 valence electrons. The van der Waals surface area contributed by atoms with Crippen molar-refractivity contribution < 1.29 is 4.79 Å². The van der Waals surface area contributed by atoms with Gasteiger partial charge in [0.2, 0.25) is 5.91 Å². The summed E-state index contributed by atoms with van der Waals surface area (Å²) in [4.78, 5) is 20.3. The van der Waals surface area contributed by atoms with E-state index in [0.29, 0.717) is 18.8 Å². The van der Waals surface area contributed by atoms with Crippen LogP contribution in [0.15, 0.2) is 83.9 Å². The molecule has 0 aliphatic carbocycles. The number of carbonyl (C=O) groups excluding carboxylic acids is 1. The van der Waals surface area contributed by atoms with E-state index in [1.807, 2.05) is 59.5 Å². The van der Waals surface area contributed by atoms with Crippen LogP contribution in [0.3, 0.4) is 0 Å². The van der Waals surface area contributed by atoms with Crippen molar-refractivity contribution in [2.24, 2.45) is 0 Å². The second-order valence-corrected chi connectivity index (χ2v) is 7.21. The van der Waals surface area contributed by atoms with Gasteiger partial charge in [-0.3, -0.25) is 9.78 Å². The summed E-state index contributed by atoms with van der Waals surface area (Å²) in [6, 6.07) is 24.1. The van der Waals surface area contributed by atoms with Gasteiger partial charge in [-0.15, -0.1) is 11.8 Å². The van der Waals surface area contributed by atoms with Crippen molar-refractivity contribution in [1.29, 1.82) is 0 Å².